The number of carbonyl (C=O) groups is 2. The van der Waals surface area contributed by atoms with E-state index in [1.165, 1.54) is 24.3 Å². The summed E-state index contributed by atoms with van der Waals surface area (Å²) in [6.45, 7) is 4.51. The molecule has 0 aliphatic rings. The second kappa shape index (κ2) is 9.16. The van der Waals surface area contributed by atoms with Crippen molar-refractivity contribution in [2.45, 2.75) is 39.3 Å². The van der Waals surface area contributed by atoms with Crippen LogP contribution in [0.4, 0.5) is 22.8 Å². The Morgan fingerprint density at radius 3 is 2.32 bits per heavy atom. The van der Waals surface area contributed by atoms with Crippen molar-refractivity contribution in [1.82, 2.24) is 14.5 Å². The molecule has 0 unspecified atom stereocenters. The molecule has 0 bridgehead atoms. The van der Waals surface area contributed by atoms with E-state index < -0.39 is 24.1 Å². The number of amides is 2. The molecular weight excluding hydrogens is 523 g/mol. The first-order chi connectivity index (χ1) is 15.7. The van der Waals surface area contributed by atoms with E-state index in [1.807, 2.05) is 0 Å². The number of fused-ring (bicyclic) bond motifs is 1. The fourth-order valence-electron chi connectivity index (χ4n) is 3.21. The molecule has 1 heterocycles. The molecule has 0 saturated heterocycles. The van der Waals surface area contributed by atoms with Crippen LogP contribution in [0.5, 0.6) is 5.75 Å². The third-order valence-electron chi connectivity index (χ3n) is 4.57. The fraction of sp³-hybridized carbons (Fsp3) is 0.318. The number of aromatic nitrogens is 2. The van der Waals surface area contributed by atoms with Crippen LogP contribution < -0.4 is 4.74 Å². The lowest BCUT2D eigenvalue weighted by Crippen LogP contribution is -2.39. The molecule has 0 saturated carbocycles. The number of aryl methyl sites for hydroxylation is 1. The molecule has 3 rings (SSSR count). The summed E-state index contributed by atoms with van der Waals surface area (Å²) in [6, 6.07) is 6.84. The number of benzene rings is 2. The number of rotatable bonds is 4. The lowest BCUT2D eigenvalue weighted by atomic mass is 10.0. The lowest BCUT2D eigenvalue weighted by molar-refractivity contribution is -0.274. The molecule has 0 aliphatic heterocycles. The number of alkyl halides is 3. The molecular formula is C22H21BrF3N3O5. The van der Waals surface area contributed by atoms with Crippen molar-refractivity contribution < 1.29 is 37.3 Å². The summed E-state index contributed by atoms with van der Waals surface area (Å²) in [5.41, 5.74) is 1.71. The highest BCUT2D eigenvalue weighted by Crippen LogP contribution is 2.37. The Bertz CT molecular complexity index is 1230. The molecule has 1 N–H and O–H groups in total. The summed E-state index contributed by atoms with van der Waals surface area (Å²) in [4.78, 5) is 29.2. The predicted octanol–water partition coefficient (Wildman–Crippen LogP) is 6.32. The van der Waals surface area contributed by atoms with Crippen LogP contribution in [0.25, 0.3) is 22.2 Å². The summed E-state index contributed by atoms with van der Waals surface area (Å²) in [5.74, 6) is -0.382. The van der Waals surface area contributed by atoms with Crippen molar-refractivity contribution in [2.75, 3.05) is 0 Å². The smallest absolute Gasteiger partial charge is 0.465 e. The number of hydrogen-bond acceptors (Lipinski definition) is 5. The first-order valence-electron chi connectivity index (χ1n) is 9.88. The number of nitrogens with zero attached hydrogens (tertiary/aromatic N) is 3. The minimum atomic E-state index is -4.82. The molecule has 0 atom stereocenters. The molecule has 0 spiro atoms. The quantitative estimate of drug-likeness (QED) is 0.414. The van der Waals surface area contributed by atoms with E-state index in [0.717, 1.165) is 0 Å². The largest absolute Gasteiger partial charge is 0.573 e. The number of imide groups is 1. The van der Waals surface area contributed by atoms with Crippen molar-refractivity contribution in [3.8, 4) is 16.9 Å². The Labute approximate surface area is 201 Å². The van der Waals surface area contributed by atoms with Crippen LogP contribution in [0.15, 0.2) is 41.1 Å². The van der Waals surface area contributed by atoms with Crippen molar-refractivity contribution in [1.29, 1.82) is 0 Å². The van der Waals surface area contributed by atoms with Crippen LogP contribution in [-0.2, 0) is 18.3 Å². The van der Waals surface area contributed by atoms with Gasteiger partial charge in [-0.15, -0.1) is 13.2 Å². The van der Waals surface area contributed by atoms with Gasteiger partial charge in [-0.2, -0.15) is 0 Å². The summed E-state index contributed by atoms with van der Waals surface area (Å²) >= 11 is 3.47. The maximum absolute atomic E-state index is 12.5. The maximum Gasteiger partial charge on any atom is 0.573 e. The average Bonchev–Trinajstić information content (AvgIpc) is 3.07. The number of carbonyl (C=O) groups excluding carboxylic acids is 1. The number of imidazole rings is 1. The van der Waals surface area contributed by atoms with Crippen LogP contribution in [0.2, 0.25) is 0 Å². The molecule has 0 radical (unpaired) electrons. The van der Waals surface area contributed by atoms with E-state index in [1.54, 1.807) is 44.8 Å². The summed E-state index contributed by atoms with van der Waals surface area (Å²) in [6.07, 6.45) is -5.80. The fourth-order valence-corrected chi connectivity index (χ4v) is 3.92. The summed E-state index contributed by atoms with van der Waals surface area (Å²) < 4.78 is 48.8. The van der Waals surface area contributed by atoms with Gasteiger partial charge in [-0.3, -0.25) is 0 Å². The number of halogens is 4. The molecule has 182 valence electrons. The Balaban J connectivity index is 2.07. The molecule has 0 fully saturated rings. The van der Waals surface area contributed by atoms with E-state index >= 15 is 0 Å². The first kappa shape index (κ1) is 25.3. The normalized spacial score (nSPS) is 12.0. The van der Waals surface area contributed by atoms with Crippen LogP contribution in [0.3, 0.4) is 0 Å². The highest BCUT2D eigenvalue weighted by Gasteiger charge is 2.31. The molecule has 2 amide bonds. The van der Waals surface area contributed by atoms with E-state index in [9.17, 15) is 27.9 Å². The summed E-state index contributed by atoms with van der Waals surface area (Å²) in [7, 11) is 1.73. The molecule has 0 aliphatic carbocycles. The highest BCUT2D eigenvalue weighted by molar-refractivity contribution is 9.10. The van der Waals surface area contributed by atoms with E-state index in [0.29, 0.717) is 37.1 Å². The highest BCUT2D eigenvalue weighted by atomic mass is 79.9. The monoisotopic (exact) mass is 543 g/mol. The van der Waals surface area contributed by atoms with Gasteiger partial charge in [0.1, 0.15) is 11.4 Å². The third-order valence-corrected chi connectivity index (χ3v) is 5.46. The topological polar surface area (TPSA) is 93.9 Å². The Kier molecular flexibility index (Phi) is 6.83. The lowest BCUT2D eigenvalue weighted by Gasteiger charge is -2.25. The van der Waals surface area contributed by atoms with Crippen LogP contribution >= 0.6 is 15.9 Å². The van der Waals surface area contributed by atoms with Gasteiger partial charge in [-0.05, 0) is 66.0 Å². The van der Waals surface area contributed by atoms with Gasteiger partial charge in [0.25, 0.3) is 0 Å². The van der Waals surface area contributed by atoms with Gasteiger partial charge in [-0.1, -0.05) is 12.1 Å². The van der Waals surface area contributed by atoms with Crippen molar-refractivity contribution >= 4 is 39.1 Å². The number of carboxylic acid groups (broad SMARTS) is 1. The third kappa shape index (κ3) is 5.79. The average molecular weight is 544 g/mol. The molecule has 34 heavy (non-hydrogen) atoms. The van der Waals surface area contributed by atoms with Crippen molar-refractivity contribution in [2.24, 2.45) is 7.05 Å². The van der Waals surface area contributed by atoms with Gasteiger partial charge in [0, 0.05) is 17.1 Å². The van der Waals surface area contributed by atoms with E-state index in [4.69, 9.17) is 4.74 Å². The SMILES string of the molecule is Cn1cnc2c(-c3ccc(OC(F)(F)F)cc3)cc(CN(C(=O)O)C(=O)OC(C)(C)C)c(Br)c21. The maximum atomic E-state index is 12.5. The standard InChI is InChI=1S/C22H21BrF3N3O5/c1-21(2,3)34-20(32)29(19(30)31)10-13-9-15(17-18(16(13)23)28(4)11-27-17)12-5-7-14(8-6-12)33-22(24,25)26/h5-9,11H,10H2,1-4H3,(H,30,31). The van der Waals surface area contributed by atoms with Gasteiger partial charge in [0.05, 0.1) is 23.9 Å². The summed E-state index contributed by atoms with van der Waals surface area (Å²) in [5, 5.41) is 9.62. The molecule has 12 heteroatoms. The zero-order valence-electron chi connectivity index (χ0n) is 18.6. The minimum absolute atomic E-state index is 0.339. The zero-order chi connectivity index (χ0) is 25.4. The van der Waals surface area contributed by atoms with Gasteiger partial charge in [0.2, 0.25) is 0 Å². The Morgan fingerprint density at radius 1 is 1.18 bits per heavy atom. The minimum Gasteiger partial charge on any atom is -0.465 e. The molecule has 8 nitrogen and oxygen atoms in total. The van der Waals surface area contributed by atoms with Crippen LogP contribution in [0.1, 0.15) is 26.3 Å². The number of ether oxygens (including phenoxy) is 2. The van der Waals surface area contributed by atoms with Gasteiger partial charge in [-0.25, -0.2) is 19.5 Å². The second-order valence-electron chi connectivity index (χ2n) is 8.37. The van der Waals surface area contributed by atoms with Gasteiger partial charge in [0.15, 0.2) is 0 Å². The second-order valence-corrected chi connectivity index (χ2v) is 9.16. The van der Waals surface area contributed by atoms with Crippen LogP contribution in [0, 0.1) is 0 Å². The predicted molar refractivity (Wildman–Crippen MR) is 120 cm³/mol. The first-order valence-corrected chi connectivity index (χ1v) is 10.7. The Hall–Kier alpha value is -3.28. The zero-order valence-corrected chi connectivity index (χ0v) is 20.2. The van der Waals surface area contributed by atoms with Gasteiger partial charge < -0.3 is 19.1 Å². The molecule has 1 aromatic heterocycles. The molecule has 3 aromatic rings. The molecule has 2 aromatic carbocycles. The van der Waals surface area contributed by atoms with Crippen molar-refractivity contribution in [3.05, 3.63) is 46.7 Å². The van der Waals surface area contributed by atoms with Crippen molar-refractivity contribution in [3.63, 3.8) is 0 Å². The Morgan fingerprint density at radius 2 is 1.79 bits per heavy atom. The van der Waals surface area contributed by atoms with E-state index in [2.05, 4.69) is 25.7 Å². The number of hydrogen-bond donors (Lipinski definition) is 1. The van der Waals surface area contributed by atoms with Gasteiger partial charge >= 0.3 is 18.5 Å². The van der Waals surface area contributed by atoms with Crippen LogP contribution in [-0.4, -0.2) is 43.7 Å². The van der Waals surface area contributed by atoms with E-state index in [-0.39, 0.29) is 12.3 Å².